The molecule has 2 N–H and O–H groups in total. The van der Waals surface area contributed by atoms with Gasteiger partial charge in [0.2, 0.25) is 0 Å². The third-order valence-electron chi connectivity index (χ3n) is 2.36. The molecule has 2 heterocycles. The summed E-state index contributed by atoms with van der Waals surface area (Å²) in [4.78, 5) is 17.9. The molecule has 0 spiro atoms. The van der Waals surface area contributed by atoms with E-state index >= 15 is 0 Å². The number of nitrogens with zero attached hydrogens (tertiary/aromatic N) is 1. The van der Waals surface area contributed by atoms with Crippen molar-refractivity contribution >= 4 is 28.4 Å². The molecule has 7 heteroatoms. The first-order chi connectivity index (χ1) is 7.98. The highest BCUT2D eigenvalue weighted by molar-refractivity contribution is 14.1. The molecule has 1 aliphatic rings. The fraction of sp³-hybridized carbons (Fsp3) is 0.600. The van der Waals surface area contributed by atoms with Gasteiger partial charge in [-0.3, -0.25) is 4.79 Å². The molecule has 0 aliphatic carbocycles. The van der Waals surface area contributed by atoms with Crippen LogP contribution in [0.4, 0.5) is 5.82 Å². The summed E-state index contributed by atoms with van der Waals surface area (Å²) < 4.78 is 11.6. The minimum Gasteiger partial charge on any atom is -0.366 e. The summed E-state index contributed by atoms with van der Waals surface area (Å²) in [6.45, 7) is 4.86. The van der Waals surface area contributed by atoms with E-state index in [4.69, 9.17) is 9.47 Å². The van der Waals surface area contributed by atoms with Gasteiger partial charge in [0.15, 0.2) is 5.79 Å². The molecule has 1 fully saturated rings. The molecular formula is C10H14IN3O3. The lowest BCUT2D eigenvalue weighted by atomic mass is 10.3. The zero-order chi connectivity index (χ0) is 12.5. The molecule has 1 saturated heterocycles. The Labute approximate surface area is 112 Å². The molecule has 1 unspecified atom stereocenters. The van der Waals surface area contributed by atoms with Gasteiger partial charge >= 0.3 is 0 Å². The number of hydrogen-bond donors (Lipinski definition) is 2. The molecule has 0 saturated carbocycles. The first-order valence-electron chi connectivity index (χ1n) is 5.27. The highest BCUT2D eigenvalue weighted by Gasteiger charge is 2.32. The maximum absolute atomic E-state index is 11.3. The number of aromatic amines is 1. The van der Waals surface area contributed by atoms with Gasteiger partial charge in [-0.05, 0) is 36.4 Å². The Hall–Kier alpha value is -0.670. The van der Waals surface area contributed by atoms with Crippen molar-refractivity contribution in [2.45, 2.75) is 25.7 Å². The number of ether oxygens (including phenoxy) is 2. The summed E-state index contributed by atoms with van der Waals surface area (Å²) in [5.41, 5.74) is -0.146. The van der Waals surface area contributed by atoms with Gasteiger partial charge in [-0.2, -0.15) is 0 Å². The van der Waals surface area contributed by atoms with Crippen LogP contribution < -0.4 is 10.9 Å². The van der Waals surface area contributed by atoms with Crippen molar-refractivity contribution in [2.24, 2.45) is 0 Å². The highest BCUT2D eigenvalue weighted by atomic mass is 127. The second-order valence-corrected chi connectivity index (χ2v) is 5.30. The van der Waals surface area contributed by atoms with Crippen LogP contribution in [0.25, 0.3) is 0 Å². The van der Waals surface area contributed by atoms with Crippen molar-refractivity contribution in [1.82, 2.24) is 9.97 Å². The number of H-pyrrole nitrogens is 1. The maximum atomic E-state index is 11.3. The van der Waals surface area contributed by atoms with Crippen molar-refractivity contribution in [3.63, 3.8) is 0 Å². The van der Waals surface area contributed by atoms with Gasteiger partial charge in [-0.25, -0.2) is 4.98 Å². The van der Waals surface area contributed by atoms with Gasteiger partial charge in [-0.1, -0.05) is 0 Å². The highest BCUT2D eigenvalue weighted by Crippen LogP contribution is 2.22. The van der Waals surface area contributed by atoms with Gasteiger partial charge in [0.05, 0.1) is 12.9 Å². The Balaban J connectivity index is 1.95. The summed E-state index contributed by atoms with van der Waals surface area (Å²) in [5, 5.41) is 3.09. The average molecular weight is 351 g/mol. The van der Waals surface area contributed by atoms with Gasteiger partial charge < -0.3 is 19.8 Å². The molecular weight excluding hydrogens is 337 g/mol. The molecule has 1 aliphatic heterocycles. The second kappa shape index (κ2) is 4.91. The average Bonchev–Trinajstić information content (AvgIpc) is 2.61. The first kappa shape index (κ1) is 12.8. The van der Waals surface area contributed by atoms with Crippen LogP contribution in [0, 0.1) is 3.57 Å². The van der Waals surface area contributed by atoms with E-state index in [2.05, 4.69) is 15.3 Å². The molecule has 1 aromatic rings. The zero-order valence-electron chi connectivity index (χ0n) is 9.62. The molecule has 0 aromatic carbocycles. The lowest BCUT2D eigenvalue weighted by Crippen LogP contribution is -2.27. The quantitative estimate of drug-likeness (QED) is 0.793. The fourth-order valence-electron chi connectivity index (χ4n) is 1.58. The van der Waals surface area contributed by atoms with Gasteiger partial charge in [0.1, 0.15) is 15.5 Å². The van der Waals surface area contributed by atoms with E-state index in [1.165, 1.54) is 6.33 Å². The number of nitrogens with one attached hydrogen (secondary N) is 2. The first-order valence-corrected chi connectivity index (χ1v) is 6.35. The van der Waals surface area contributed by atoms with E-state index in [9.17, 15) is 4.79 Å². The summed E-state index contributed by atoms with van der Waals surface area (Å²) in [5.74, 6) is 0.0452. The van der Waals surface area contributed by atoms with E-state index in [-0.39, 0.29) is 11.7 Å². The molecule has 17 heavy (non-hydrogen) atoms. The van der Waals surface area contributed by atoms with E-state index in [1.807, 2.05) is 36.4 Å². The maximum Gasteiger partial charge on any atom is 0.266 e. The molecule has 1 aromatic heterocycles. The van der Waals surface area contributed by atoms with E-state index < -0.39 is 5.79 Å². The molecule has 2 rings (SSSR count). The van der Waals surface area contributed by atoms with Crippen LogP contribution >= 0.6 is 22.6 Å². The summed E-state index contributed by atoms with van der Waals surface area (Å²) in [6.07, 6.45) is 1.35. The monoisotopic (exact) mass is 351 g/mol. The minimum absolute atomic E-state index is 0.0260. The van der Waals surface area contributed by atoms with Crippen LogP contribution in [-0.4, -0.2) is 35.0 Å². The Kier molecular flexibility index (Phi) is 3.69. The zero-order valence-corrected chi connectivity index (χ0v) is 11.8. The number of halogens is 1. The predicted octanol–water partition coefficient (Wildman–Crippen LogP) is 0.938. The topological polar surface area (TPSA) is 76.2 Å². The fourth-order valence-corrected chi connectivity index (χ4v) is 2.07. The summed E-state index contributed by atoms with van der Waals surface area (Å²) in [6, 6.07) is 0. The Bertz CT molecular complexity index is 460. The lowest BCUT2D eigenvalue weighted by molar-refractivity contribution is -0.136. The SMILES string of the molecule is CC1(C)OCC(CNc2nc[nH]c(=O)c2I)O1. The third kappa shape index (κ3) is 3.17. The van der Waals surface area contributed by atoms with E-state index in [0.29, 0.717) is 22.5 Å². The van der Waals surface area contributed by atoms with Crippen molar-refractivity contribution in [1.29, 1.82) is 0 Å². The predicted molar refractivity (Wildman–Crippen MR) is 71.0 cm³/mol. The smallest absolute Gasteiger partial charge is 0.266 e. The van der Waals surface area contributed by atoms with E-state index in [0.717, 1.165) is 0 Å². The van der Waals surface area contributed by atoms with Crippen LogP contribution in [0.2, 0.25) is 0 Å². The van der Waals surface area contributed by atoms with Crippen LogP contribution in [0.3, 0.4) is 0 Å². The van der Waals surface area contributed by atoms with Crippen molar-refractivity contribution in [3.05, 3.63) is 20.3 Å². The van der Waals surface area contributed by atoms with Crippen molar-refractivity contribution in [2.75, 3.05) is 18.5 Å². The summed E-state index contributed by atoms with van der Waals surface area (Å²) in [7, 11) is 0. The van der Waals surface area contributed by atoms with Crippen molar-refractivity contribution in [3.8, 4) is 0 Å². The lowest BCUT2D eigenvalue weighted by Gasteiger charge is -2.17. The number of anilines is 1. The Morgan fingerprint density at radius 2 is 2.47 bits per heavy atom. The van der Waals surface area contributed by atoms with Gasteiger partial charge in [0, 0.05) is 6.54 Å². The second-order valence-electron chi connectivity index (χ2n) is 4.23. The van der Waals surface area contributed by atoms with Crippen LogP contribution in [0.5, 0.6) is 0 Å². The molecule has 94 valence electrons. The Morgan fingerprint density at radius 1 is 1.71 bits per heavy atom. The van der Waals surface area contributed by atoms with Crippen LogP contribution in [0.15, 0.2) is 11.1 Å². The van der Waals surface area contributed by atoms with Crippen LogP contribution in [0.1, 0.15) is 13.8 Å². The summed E-state index contributed by atoms with van der Waals surface area (Å²) >= 11 is 1.96. The third-order valence-corrected chi connectivity index (χ3v) is 3.36. The normalized spacial score (nSPS) is 22.6. The minimum atomic E-state index is -0.527. The molecule has 0 radical (unpaired) electrons. The molecule has 0 amide bonds. The number of hydrogen-bond acceptors (Lipinski definition) is 5. The number of rotatable bonds is 3. The van der Waals surface area contributed by atoms with Gasteiger partial charge in [0.25, 0.3) is 5.56 Å². The van der Waals surface area contributed by atoms with Crippen molar-refractivity contribution < 1.29 is 9.47 Å². The van der Waals surface area contributed by atoms with Crippen LogP contribution in [-0.2, 0) is 9.47 Å². The van der Waals surface area contributed by atoms with E-state index in [1.54, 1.807) is 0 Å². The molecule has 1 atom stereocenters. The van der Waals surface area contributed by atoms with Gasteiger partial charge in [-0.15, -0.1) is 0 Å². The molecule has 6 nitrogen and oxygen atoms in total. The standard InChI is InChI=1S/C10H14IN3O3/c1-10(2)16-4-6(17-10)3-12-8-7(11)9(15)14-5-13-8/h5-6H,3-4H2,1-2H3,(H2,12,13,14,15). The molecule has 0 bridgehead atoms. The number of aromatic nitrogens is 2. The largest absolute Gasteiger partial charge is 0.366 e. The Morgan fingerprint density at radius 3 is 3.12 bits per heavy atom.